The minimum Gasteiger partial charge on any atom is -0.508 e. The van der Waals surface area contributed by atoms with E-state index in [0.717, 1.165) is 10.5 Å². The van der Waals surface area contributed by atoms with Crippen molar-refractivity contribution < 1.29 is 43.6 Å². The smallest absolute Gasteiger partial charge is 0.333 e. The molecule has 0 fully saturated rings. The van der Waals surface area contributed by atoms with E-state index in [1.54, 1.807) is 97.1 Å². The number of esters is 2. The van der Waals surface area contributed by atoms with Crippen LogP contribution in [0.1, 0.15) is 47.6 Å². The molecule has 0 aliphatic heterocycles. The van der Waals surface area contributed by atoms with Gasteiger partial charge in [0.05, 0.1) is 31.8 Å². The number of hydrogen-bond donors (Lipinski definition) is 2. The van der Waals surface area contributed by atoms with Gasteiger partial charge in [-0.3, -0.25) is 9.59 Å². The predicted octanol–water partition coefficient (Wildman–Crippen LogP) is 13.1. The maximum atomic E-state index is 14.1. The number of nitrogens with zero attached hydrogens (tertiary/aromatic N) is 2. The SMILES string of the molecule is CC(C)c1cc(Oc2c(Br)cc(N(CC(=O)OC(=O)CN(C(=O)Cc3ccccc3)c3cc(Cl)c(Oc4ccc(O)c(Cc5ccccc5)c4)c(Cl)c3)C(=O)Cc3ccccc3)cc2Br)ccc1O. The van der Waals surface area contributed by atoms with Crippen molar-refractivity contribution >= 4 is 90.2 Å². The number of halogens is 4. The van der Waals surface area contributed by atoms with Crippen LogP contribution in [0.25, 0.3) is 0 Å². The number of amides is 2. The van der Waals surface area contributed by atoms with E-state index in [-0.39, 0.29) is 57.4 Å². The van der Waals surface area contributed by atoms with Gasteiger partial charge in [0.2, 0.25) is 11.8 Å². The lowest BCUT2D eigenvalue weighted by molar-refractivity contribution is -0.158. The molecule has 69 heavy (non-hydrogen) atoms. The maximum Gasteiger partial charge on any atom is 0.333 e. The number of ether oxygens (including phenoxy) is 3. The molecule has 0 saturated heterocycles. The first-order valence-corrected chi connectivity index (χ1v) is 23.9. The Hall–Kier alpha value is -6.64. The summed E-state index contributed by atoms with van der Waals surface area (Å²) in [5.41, 5.74) is 3.99. The Bertz CT molecular complexity index is 2950. The molecule has 0 aliphatic rings. The van der Waals surface area contributed by atoms with E-state index in [4.69, 9.17) is 37.4 Å². The third-order valence-corrected chi connectivity index (χ3v) is 12.5. The third-order valence-electron chi connectivity index (χ3n) is 10.7. The van der Waals surface area contributed by atoms with Gasteiger partial charge in [0.25, 0.3) is 0 Å². The Kier molecular flexibility index (Phi) is 16.8. The van der Waals surface area contributed by atoms with Crippen LogP contribution in [0.5, 0.6) is 34.5 Å². The number of anilines is 2. The van der Waals surface area contributed by atoms with Crippen LogP contribution in [0.3, 0.4) is 0 Å². The number of carbonyl (C=O) groups is 4. The van der Waals surface area contributed by atoms with Crippen LogP contribution >= 0.6 is 55.1 Å². The van der Waals surface area contributed by atoms with Crippen LogP contribution in [-0.2, 0) is 43.2 Å². The summed E-state index contributed by atoms with van der Waals surface area (Å²) < 4.78 is 18.5. The minimum atomic E-state index is -1.10. The van der Waals surface area contributed by atoms with Crippen LogP contribution < -0.4 is 19.3 Å². The second-order valence-electron chi connectivity index (χ2n) is 16.1. The largest absolute Gasteiger partial charge is 0.508 e. The van der Waals surface area contributed by atoms with Crippen LogP contribution in [0, 0.1) is 0 Å². The van der Waals surface area contributed by atoms with Crippen LogP contribution in [0.2, 0.25) is 10.0 Å². The standard InChI is InChI=1S/C54H44Br2Cl2N2O9/c1-33(2)42-30-41(19-21-48(42)62)67-53-43(55)26-38(27-44(53)56)59(49(63)23-35-14-8-4-9-15-35)31-51(65)69-52(66)32-60(50(64)24-36-16-10-5-11-17-36)39-28-45(57)54(46(58)29-39)68-40-18-20-47(61)37(25-40)22-34-12-6-3-7-13-34/h3-21,25-30,33,61-62H,22-24,31-32H2,1-2H3. The molecule has 352 valence electrons. The molecular formula is C54H44Br2Cl2N2O9. The summed E-state index contributed by atoms with van der Waals surface area (Å²) in [4.78, 5) is 57.9. The van der Waals surface area contributed by atoms with Crippen LogP contribution in [-0.4, -0.2) is 47.1 Å². The Morgan fingerprint density at radius 1 is 0.551 bits per heavy atom. The summed E-state index contributed by atoms with van der Waals surface area (Å²) in [6.45, 7) is 2.48. The van der Waals surface area contributed by atoms with E-state index in [9.17, 15) is 29.4 Å². The van der Waals surface area contributed by atoms with Gasteiger partial charge in [0, 0.05) is 28.9 Å². The molecule has 0 aromatic heterocycles. The van der Waals surface area contributed by atoms with Gasteiger partial charge in [-0.05, 0) is 115 Å². The highest BCUT2D eigenvalue weighted by Crippen LogP contribution is 2.43. The van der Waals surface area contributed by atoms with Gasteiger partial charge in [-0.15, -0.1) is 0 Å². The van der Waals surface area contributed by atoms with E-state index in [1.807, 2.05) is 50.2 Å². The van der Waals surface area contributed by atoms with E-state index < -0.39 is 36.8 Å². The average molecular weight is 1100 g/mol. The van der Waals surface area contributed by atoms with Gasteiger partial charge >= 0.3 is 11.9 Å². The molecule has 0 spiro atoms. The number of hydrogen-bond acceptors (Lipinski definition) is 9. The summed E-state index contributed by atoms with van der Waals surface area (Å²) in [6, 6.07) is 43.1. The van der Waals surface area contributed by atoms with Gasteiger partial charge < -0.3 is 34.2 Å². The van der Waals surface area contributed by atoms with Crippen molar-refractivity contribution in [2.24, 2.45) is 0 Å². The number of carbonyl (C=O) groups excluding carboxylic acids is 4. The average Bonchev–Trinajstić information content (AvgIpc) is 3.32. The molecule has 2 N–H and O–H groups in total. The molecule has 0 unspecified atom stereocenters. The summed E-state index contributed by atoms with van der Waals surface area (Å²) >= 11 is 20.7. The quantitative estimate of drug-likeness (QED) is 0.0673. The Morgan fingerprint density at radius 2 is 0.986 bits per heavy atom. The first kappa shape index (κ1) is 50.2. The highest BCUT2D eigenvalue weighted by atomic mass is 79.9. The molecule has 7 rings (SSSR count). The minimum absolute atomic E-state index is 0.00169. The van der Waals surface area contributed by atoms with E-state index in [2.05, 4.69) is 31.9 Å². The highest BCUT2D eigenvalue weighted by Gasteiger charge is 2.28. The van der Waals surface area contributed by atoms with Crippen LogP contribution in [0.15, 0.2) is 161 Å². The molecule has 7 aromatic rings. The van der Waals surface area contributed by atoms with Crippen molar-refractivity contribution in [1.29, 1.82) is 0 Å². The fourth-order valence-corrected chi connectivity index (χ4v) is 9.18. The van der Waals surface area contributed by atoms with Gasteiger partial charge in [-0.1, -0.05) is 128 Å². The molecule has 0 atom stereocenters. The molecular weight excluding hydrogens is 1050 g/mol. The molecule has 15 heteroatoms. The first-order valence-electron chi connectivity index (χ1n) is 21.6. The fraction of sp³-hybridized carbons (Fsp3) is 0.148. The molecule has 0 heterocycles. The molecule has 0 radical (unpaired) electrons. The van der Waals surface area contributed by atoms with Gasteiger partial charge in [-0.2, -0.15) is 0 Å². The lowest BCUT2D eigenvalue weighted by Crippen LogP contribution is -2.41. The number of rotatable bonds is 17. The normalized spacial score (nSPS) is 10.9. The number of benzene rings is 7. The third kappa shape index (κ3) is 13.3. The summed E-state index contributed by atoms with van der Waals surface area (Å²) in [5.74, 6) is -1.73. The number of aromatic hydroxyl groups is 2. The van der Waals surface area contributed by atoms with Crippen molar-refractivity contribution in [3.63, 3.8) is 0 Å². The topological polar surface area (TPSA) is 143 Å². The zero-order valence-electron chi connectivity index (χ0n) is 37.2. The summed E-state index contributed by atoms with van der Waals surface area (Å²) in [6.07, 6.45) is 0.208. The Labute approximate surface area is 426 Å². The summed E-state index contributed by atoms with van der Waals surface area (Å²) in [7, 11) is 0. The van der Waals surface area contributed by atoms with Crippen molar-refractivity contribution in [2.75, 3.05) is 22.9 Å². The molecule has 2 amide bonds. The molecule has 0 saturated carbocycles. The zero-order valence-corrected chi connectivity index (χ0v) is 41.9. The second kappa shape index (κ2) is 23.1. The summed E-state index contributed by atoms with van der Waals surface area (Å²) in [5, 5.41) is 20.9. The number of phenolic OH excluding ortho intramolecular Hbond substituents is 2. The maximum absolute atomic E-state index is 14.1. The molecule has 7 aromatic carbocycles. The van der Waals surface area contributed by atoms with E-state index >= 15 is 0 Å². The van der Waals surface area contributed by atoms with Crippen molar-refractivity contribution in [2.45, 2.75) is 39.0 Å². The second-order valence-corrected chi connectivity index (χ2v) is 18.7. The lowest BCUT2D eigenvalue weighted by atomic mass is 10.0. The van der Waals surface area contributed by atoms with Crippen molar-refractivity contribution in [3.8, 4) is 34.5 Å². The van der Waals surface area contributed by atoms with E-state index in [1.165, 1.54) is 23.1 Å². The fourth-order valence-electron chi connectivity index (χ4n) is 7.31. The monoisotopic (exact) mass is 1090 g/mol. The van der Waals surface area contributed by atoms with Crippen molar-refractivity contribution in [3.05, 3.63) is 198 Å². The van der Waals surface area contributed by atoms with Gasteiger partial charge in [-0.25, -0.2) is 9.59 Å². The Morgan fingerprint density at radius 3 is 1.48 bits per heavy atom. The van der Waals surface area contributed by atoms with Gasteiger partial charge in [0.15, 0.2) is 11.5 Å². The Balaban J connectivity index is 1.12. The van der Waals surface area contributed by atoms with Crippen LogP contribution in [0.4, 0.5) is 11.4 Å². The first-order chi connectivity index (χ1) is 33.1. The molecule has 0 aliphatic carbocycles. The number of phenols is 2. The van der Waals surface area contributed by atoms with Crippen molar-refractivity contribution in [1.82, 2.24) is 0 Å². The highest BCUT2D eigenvalue weighted by molar-refractivity contribution is 9.11. The lowest BCUT2D eigenvalue weighted by Gasteiger charge is -2.25. The van der Waals surface area contributed by atoms with E-state index in [0.29, 0.717) is 54.9 Å². The molecule has 11 nitrogen and oxygen atoms in total. The van der Waals surface area contributed by atoms with Gasteiger partial charge in [0.1, 0.15) is 36.1 Å². The molecule has 0 bridgehead atoms. The predicted molar refractivity (Wildman–Crippen MR) is 274 cm³/mol. The zero-order chi connectivity index (χ0) is 49.2.